The van der Waals surface area contributed by atoms with Crippen molar-refractivity contribution in [2.45, 2.75) is 98.3 Å². The topological polar surface area (TPSA) is 12.5 Å². The molecule has 3 rings (SSSR count). The zero-order valence-electron chi connectivity index (χ0n) is 17.3. The van der Waals surface area contributed by atoms with Crippen LogP contribution in [0.4, 0.5) is 0 Å². The molecular formula is C22H41NO. The van der Waals surface area contributed by atoms with Crippen LogP contribution in [0.15, 0.2) is 0 Å². The van der Waals surface area contributed by atoms with Gasteiger partial charge in [-0.2, -0.15) is 0 Å². The van der Waals surface area contributed by atoms with Crippen LogP contribution in [0.2, 0.25) is 0 Å². The van der Waals surface area contributed by atoms with Crippen LogP contribution < -0.4 is 0 Å². The van der Waals surface area contributed by atoms with Gasteiger partial charge in [0.15, 0.2) is 0 Å². The van der Waals surface area contributed by atoms with E-state index in [0.29, 0.717) is 12.2 Å². The maximum atomic E-state index is 6.65. The summed E-state index contributed by atoms with van der Waals surface area (Å²) in [4.78, 5) is 2.70. The van der Waals surface area contributed by atoms with Gasteiger partial charge in [0.1, 0.15) is 0 Å². The molecule has 3 aliphatic rings. The third-order valence-electron chi connectivity index (χ3n) is 7.30. The van der Waals surface area contributed by atoms with E-state index in [2.05, 4.69) is 53.5 Å². The quantitative estimate of drug-likeness (QED) is 0.639. The Morgan fingerprint density at radius 3 is 1.88 bits per heavy atom. The number of likely N-dealkylation sites (tertiary alicyclic amines) is 1. The highest BCUT2D eigenvalue weighted by Gasteiger charge is 2.49. The Balaban J connectivity index is 1.80. The lowest BCUT2D eigenvalue weighted by Crippen LogP contribution is -2.47. The van der Waals surface area contributed by atoms with Gasteiger partial charge in [-0.1, -0.05) is 54.4 Å². The smallest absolute Gasteiger partial charge is 0.0630 e. The van der Waals surface area contributed by atoms with Crippen LogP contribution in [0.3, 0.4) is 0 Å². The summed E-state index contributed by atoms with van der Waals surface area (Å²) in [5.41, 5.74) is 0.497. The summed E-state index contributed by atoms with van der Waals surface area (Å²) in [6.07, 6.45) is 9.18. The lowest BCUT2D eigenvalue weighted by atomic mass is 9.67. The van der Waals surface area contributed by atoms with Gasteiger partial charge in [-0.3, -0.25) is 0 Å². The molecule has 2 heteroatoms. The molecule has 140 valence electrons. The van der Waals surface area contributed by atoms with E-state index < -0.39 is 0 Å². The Labute approximate surface area is 150 Å². The molecule has 2 aliphatic heterocycles. The van der Waals surface area contributed by atoms with Crippen LogP contribution in [0.5, 0.6) is 0 Å². The average Bonchev–Trinajstić information content (AvgIpc) is 2.83. The van der Waals surface area contributed by atoms with E-state index in [4.69, 9.17) is 4.74 Å². The minimum Gasteiger partial charge on any atom is -0.374 e. The zero-order chi connectivity index (χ0) is 17.7. The first-order valence-corrected chi connectivity index (χ1v) is 10.4. The normalized spacial score (nSPS) is 42.1. The molecule has 5 unspecified atom stereocenters. The third kappa shape index (κ3) is 3.70. The summed E-state index contributed by atoms with van der Waals surface area (Å²) >= 11 is 0. The highest BCUT2D eigenvalue weighted by Crippen LogP contribution is 2.49. The lowest BCUT2D eigenvalue weighted by Gasteiger charge is -2.48. The monoisotopic (exact) mass is 335 g/mol. The van der Waals surface area contributed by atoms with E-state index in [1.165, 1.54) is 45.1 Å². The van der Waals surface area contributed by atoms with Crippen LogP contribution >= 0.6 is 0 Å². The first kappa shape index (κ1) is 18.7. The van der Waals surface area contributed by atoms with Crippen molar-refractivity contribution in [3.8, 4) is 0 Å². The fourth-order valence-electron chi connectivity index (χ4n) is 5.71. The molecule has 1 aliphatic carbocycles. The third-order valence-corrected chi connectivity index (χ3v) is 7.30. The number of nitrogens with zero attached hydrogens (tertiary/aromatic N) is 1. The van der Waals surface area contributed by atoms with Gasteiger partial charge < -0.3 is 9.64 Å². The van der Waals surface area contributed by atoms with Crippen LogP contribution in [-0.4, -0.2) is 36.7 Å². The molecule has 5 atom stereocenters. The number of hydrogen-bond donors (Lipinski definition) is 0. The van der Waals surface area contributed by atoms with E-state index in [0.717, 1.165) is 23.8 Å². The van der Waals surface area contributed by atoms with Gasteiger partial charge in [0.2, 0.25) is 0 Å². The summed E-state index contributed by atoms with van der Waals surface area (Å²) < 4.78 is 6.65. The summed E-state index contributed by atoms with van der Waals surface area (Å²) in [7, 11) is 2.38. The second-order valence-corrected chi connectivity index (χ2v) is 11.2. The number of ether oxygens (including phenoxy) is 1. The Bertz CT molecular complexity index is 410. The van der Waals surface area contributed by atoms with Crippen molar-refractivity contribution in [2.24, 2.45) is 28.6 Å². The van der Waals surface area contributed by atoms with Crippen molar-refractivity contribution in [3.63, 3.8) is 0 Å². The standard InChI is InChI=1S/C22H41NO/c1-21(2,3)19-12-15(13-20(24-19)22(4,5)6)17-14-23(7)18-11-9-8-10-16(17)18/h15-20H,8-14H2,1-7H3. The largest absolute Gasteiger partial charge is 0.374 e. The molecule has 2 heterocycles. The molecule has 2 nitrogen and oxygen atoms in total. The minimum absolute atomic E-state index is 0.249. The maximum absolute atomic E-state index is 6.65. The van der Waals surface area contributed by atoms with Crippen LogP contribution in [-0.2, 0) is 4.74 Å². The summed E-state index contributed by atoms with van der Waals surface area (Å²) in [6, 6.07) is 0.868. The van der Waals surface area contributed by atoms with Gasteiger partial charge in [-0.15, -0.1) is 0 Å². The van der Waals surface area contributed by atoms with E-state index in [1.54, 1.807) is 0 Å². The molecule has 3 fully saturated rings. The second kappa shape index (κ2) is 6.58. The Kier molecular flexibility index (Phi) is 5.13. The molecule has 0 N–H and O–H groups in total. The maximum Gasteiger partial charge on any atom is 0.0630 e. The van der Waals surface area contributed by atoms with E-state index in [1.807, 2.05) is 0 Å². The van der Waals surface area contributed by atoms with Crippen LogP contribution in [0, 0.1) is 28.6 Å². The van der Waals surface area contributed by atoms with Crippen molar-refractivity contribution < 1.29 is 4.74 Å². The summed E-state index contributed by atoms with van der Waals surface area (Å²) in [5, 5.41) is 0. The molecule has 0 aromatic rings. The predicted molar refractivity (Wildman–Crippen MR) is 102 cm³/mol. The lowest BCUT2D eigenvalue weighted by molar-refractivity contribution is -0.159. The number of hydrogen-bond acceptors (Lipinski definition) is 2. The molecule has 1 saturated carbocycles. The van der Waals surface area contributed by atoms with E-state index in [-0.39, 0.29) is 10.8 Å². The average molecular weight is 336 g/mol. The first-order chi connectivity index (χ1) is 11.1. The van der Waals surface area contributed by atoms with Crippen molar-refractivity contribution in [3.05, 3.63) is 0 Å². The first-order valence-electron chi connectivity index (χ1n) is 10.4. The number of fused-ring (bicyclic) bond motifs is 1. The zero-order valence-corrected chi connectivity index (χ0v) is 17.3. The Morgan fingerprint density at radius 1 is 0.792 bits per heavy atom. The molecule has 0 aromatic heterocycles. The predicted octanol–water partition coefficient (Wildman–Crippen LogP) is 5.36. The van der Waals surface area contributed by atoms with Gasteiger partial charge in [0.25, 0.3) is 0 Å². The molecular weight excluding hydrogens is 294 g/mol. The number of rotatable bonds is 1. The van der Waals surface area contributed by atoms with Crippen molar-refractivity contribution >= 4 is 0 Å². The fraction of sp³-hybridized carbons (Fsp3) is 1.00. The second-order valence-electron chi connectivity index (χ2n) is 11.2. The van der Waals surface area contributed by atoms with Gasteiger partial charge >= 0.3 is 0 Å². The summed E-state index contributed by atoms with van der Waals surface area (Å²) in [6.45, 7) is 15.5. The molecule has 0 radical (unpaired) electrons. The summed E-state index contributed by atoms with van der Waals surface area (Å²) in [5.74, 6) is 2.70. The molecule has 0 spiro atoms. The van der Waals surface area contributed by atoms with E-state index >= 15 is 0 Å². The molecule has 0 bridgehead atoms. The van der Waals surface area contributed by atoms with Gasteiger partial charge in [0, 0.05) is 12.6 Å². The molecule has 2 saturated heterocycles. The fourth-order valence-corrected chi connectivity index (χ4v) is 5.71. The SMILES string of the molecule is CN1CC(C2CC(C(C)(C)C)OC(C(C)(C)C)C2)C2CCCCC21. The van der Waals surface area contributed by atoms with Crippen LogP contribution in [0.25, 0.3) is 0 Å². The van der Waals surface area contributed by atoms with Crippen molar-refractivity contribution in [1.29, 1.82) is 0 Å². The molecule has 0 amide bonds. The Hall–Kier alpha value is -0.0800. The Morgan fingerprint density at radius 2 is 1.33 bits per heavy atom. The minimum atomic E-state index is 0.249. The van der Waals surface area contributed by atoms with Crippen LogP contribution in [0.1, 0.15) is 80.1 Å². The van der Waals surface area contributed by atoms with Gasteiger partial charge in [0.05, 0.1) is 12.2 Å². The van der Waals surface area contributed by atoms with Crippen molar-refractivity contribution in [2.75, 3.05) is 13.6 Å². The highest BCUT2D eigenvalue weighted by molar-refractivity contribution is 5.00. The van der Waals surface area contributed by atoms with Gasteiger partial charge in [-0.25, -0.2) is 0 Å². The molecule has 24 heavy (non-hydrogen) atoms. The highest BCUT2D eigenvalue weighted by atomic mass is 16.5. The van der Waals surface area contributed by atoms with Crippen molar-refractivity contribution in [1.82, 2.24) is 4.90 Å². The molecule has 0 aromatic carbocycles. The van der Waals surface area contributed by atoms with E-state index in [9.17, 15) is 0 Å². The van der Waals surface area contributed by atoms with Gasteiger partial charge in [-0.05, 0) is 61.3 Å².